The molecule has 0 atom stereocenters. The predicted octanol–water partition coefficient (Wildman–Crippen LogP) is 4.01. The molecule has 0 amide bonds. The van der Waals surface area contributed by atoms with Crippen LogP contribution in [0.25, 0.3) is 22.2 Å². The zero-order valence-electron chi connectivity index (χ0n) is 16.3. The molecule has 0 unspecified atom stereocenters. The Hall–Kier alpha value is -2.95. The van der Waals surface area contributed by atoms with Crippen molar-refractivity contribution < 1.29 is 31.8 Å². The molecule has 1 aliphatic heterocycles. The van der Waals surface area contributed by atoms with Gasteiger partial charge in [-0.1, -0.05) is 0 Å². The number of fused-ring (bicyclic) bond motifs is 1. The van der Waals surface area contributed by atoms with E-state index in [1.54, 1.807) is 13.1 Å². The van der Waals surface area contributed by atoms with Gasteiger partial charge in [-0.05, 0) is 18.9 Å². The van der Waals surface area contributed by atoms with Crippen LogP contribution in [0.2, 0.25) is 0 Å². The van der Waals surface area contributed by atoms with Gasteiger partial charge in [0.2, 0.25) is 0 Å². The molecule has 2 aromatic heterocycles. The van der Waals surface area contributed by atoms with Crippen molar-refractivity contribution in [1.29, 1.82) is 0 Å². The molecule has 0 radical (unpaired) electrons. The molecule has 1 spiro atoms. The van der Waals surface area contributed by atoms with Gasteiger partial charge >= 0.3 is 6.18 Å². The number of halogens is 5. The summed E-state index contributed by atoms with van der Waals surface area (Å²) in [7, 11) is 1.56. The molecule has 2 aliphatic rings. The Morgan fingerprint density at radius 2 is 1.90 bits per heavy atom. The quantitative estimate of drug-likeness (QED) is 0.611. The highest BCUT2D eigenvalue weighted by atomic mass is 19.4. The number of aryl methyl sites for hydroxylation is 1. The minimum absolute atomic E-state index is 0.0865. The van der Waals surface area contributed by atoms with Crippen molar-refractivity contribution in [3.05, 3.63) is 35.5 Å². The summed E-state index contributed by atoms with van der Waals surface area (Å²) >= 11 is 0. The van der Waals surface area contributed by atoms with Gasteiger partial charge in [0, 0.05) is 36.8 Å². The van der Waals surface area contributed by atoms with Gasteiger partial charge in [0.1, 0.15) is 11.5 Å². The molecule has 164 valence electrons. The van der Waals surface area contributed by atoms with Crippen LogP contribution >= 0.6 is 0 Å². The fourth-order valence-corrected chi connectivity index (χ4v) is 4.14. The van der Waals surface area contributed by atoms with Gasteiger partial charge < -0.3 is 14.7 Å². The number of anilines is 1. The minimum Gasteiger partial charge on any atom is -0.503 e. The monoisotopic (exact) mass is 440 g/mol. The van der Waals surface area contributed by atoms with Crippen molar-refractivity contribution in [3.63, 3.8) is 0 Å². The van der Waals surface area contributed by atoms with Gasteiger partial charge in [0.15, 0.2) is 17.4 Å². The summed E-state index contributed by atoms with van der Waals surface area (Å²) in [5.74, 6) is -4.60. The summed E-state index contributed by atoms with van der Waals surface area (Å²) in [5.41, 5.74) is -2.17. The number of aromatic nitrogens is 3. The summed E-state index contributed by atoms with van der Waals surface area (Å²) in [4.78, 5) is 6.59. The van der Waals surface area contributed by atoms with Gasteiger partial charge in [0.05, 0.1) is 29.8 Å². The van der Waals surface area contributed by atoms with Crippen LogP contribution < -0.4 is 4.90 Å². The van der Waals surface area contributed by atoms with E-state index < -0.39 is 34.7 Å². The highest BCUT2D eigenvalue weighted by Crippen LogP contribution is 2.46. The van der Waals surface area contributed by atoms with Crippen LogP contribution in [0.15, 0.2) is 18.3 Å². The predicted molar refractivity (Wildman–Crippen MR) is 101 cm³/mol. The lowest BCUT2D eigenvalue weighted by Crippen LogP contribution is -2.48. The van der Waals surface area contributed by atoms with E-state index in [9.17, 15) is 27.1 Å². The molecule has 1 N–H and O–H groups in total. The Bertz CT molecular complexity index is 1200. The number of rotatable bonds is 2. The summed E-state index contributed by atoms with van der Waals surface area (Å²) in [6, 6.07) is 2.06. The molecular formula is C20H17F5N4O2. The SMILES string of the molecule is Cn1nc(-c2cc(C(F)(F)F)c(F)c(O)c2F)c2cnc(N3CCOCC34CC4)cc21. The number of morpholine rings is 1. The number of aromatic hydroxyl groups is 1. The maximum Gasteiger partial charge on any atom is 0.419 e. The topological polar surface area (TPSA) is 63.4 Å². The van der Waals surface area contributed by atoms with E-state index in [-0.39, 0.29) is 16.6 Å². The Balaban J connectivity index is 1.65. The first kappa shape index (κ1) is 20.0. The van der Waals surface area contributed by atoms with Crippen LogP contribution in [-0.2, 0) is 18.0 Å². The summed E-state index contributed by atoms with van der Waals surface area (Å²) in [5, 5.41) is 14.1. The average molecular weight is 440 g/mol. The Morgan fingerprint density at radius 3 is 2.58 bits per heavy atom. The van der Waals surface area contributed by atoms with Crippen molar-refractivity contribution >= 4 is 16.7 Å². The third kappa shape index (κ3) is 3.01. The van der Waals surface area contributed by atoms with E-state index in [4.69, 9.17) is 4.74 Å². The Kier molecular flexibility index (Phi) is 4.20. The lowest BCUT2D eigenvalue weighted by atomic mass is 10.0. The van der Waals surface area contributed by atoms with E-state index in [0.717, 1.165) is 12.8 Å². The van der Waals surface area contributed by atoms with Crippen molar-refractivity contribution in [3.8, 4) is 17.0 Å². The molecule has 1 saturated heterocycles. The van der Waals surface area contributed by atoms with Crippen molar-refractivity contribution in [2.75, 3.05) is 24.7 Å². The molecule has 0 bridgehead atoms. The van der Waals surface area contributed by atoms with Crippen LogP contribution in [0, 0.1) is 11.6 Å². The van der Waals surface area contributed by atoms with Crippen molar-refractivity contribution in [2.24, 2.45) is 7.05 Å². The highest BCUT2D eigenvalue weighted by molar-refractivity contribution is 5.94. The number of hydrogen-bond acceptors (Lipinski definition) is 5. The maximum atomic E-state index is 14.6. The normalized spacial score (nSPS) is 18.2. The van der Waals surface area contributed by atoms with Crippen molar-refractivity contribution in [1.82, 2.24) is 14.8 Å². The average Bonchev–Trinajstić information content (AvgIpc) is 3.41. The number of pyridine rings is 1. The van der Waals surface area contributed by atoms with Crippen LogP contribution in [0.5, 0.6) is 5.75 Å². The first-order chi connectivity index (χ1) is 14.6. The van der Waals surface area contributed by atoms with E-state index >= 15 is 0 Å². The zero-order valence-corrected chi connectivity index (χ0v) is 16.3. The third-order valence-electron chi connectivity index (χ3n) is 5.97. The second-order valence-electron chi connectivity index (χ2n) is 7.91. The van der Waals surface area contributed by atoms with E-state index in [1.807, 2.05) is 0 Å². The minimum atomic E-state index is -5.12. The summed E-state index contributed by atoms with van der Waals surface area (Å²) < 4.78 is 74.9. The standard InChI is InChI=1S/C20H17F5N4O2/c1-28-13-7-14(29-4-5-31-9-19(29)2-3-19)26-8-11(13)17(27-28)10-6-12(20(23,24)25)16(22)18(30)15(10)21/h6-8,30H,2-5,9H2,1H3. The number of benzene rings is 1. The number of ether oxygens (including phenoxy) is 1. The molecule has 1 saturated carbocycles. The van der Waals surface area contributed by atoms with Crippen LogP contribution in [0.1, 0.15) is 18.4 Å². The molecule has 3 heterocycles. The first-order valence-electron chi connectivity index (χ1n) is 9.59. The smallest absolute Gasteiger partial charge is 0.419 e. The van der Waals surface area contributed by atoms with E-state index in [1.165, 1.54) is 10.9 Å². The Labute approximate surface area is 172 Å². The lowest BCUT2D eigenvalue weighted by Gasteiger charge is -2.37. The second-order valence-corrected chi connectivity index (χ2v) is 7.91. The van der Waals surface area contributed by atoms with Crippen LogP contribution in [0.3, 0.4) is 0 Å². The van der Waals surface area contributed by atoms with E-state index in [2.05, 4.69) is 15.0 Å². The summed E-state index contributed by atoms with van der Waals surface area (Å²) in [6.07, 6.45) is -1.76. The molecule has 1 aliphatic carbocycles. The fourth-order valence-electron chi connectivity index (χ4n) is 4.14. The first-order valence-corrected chi connectivity index (χ1v) is 9.59. The zero-order chi connectivity index (χ0) is 22.1. The number of nitrogens with zero attached hydrogens (tertiary/aromatic N) is 4. The van der Waals surface area contributed by atoms with Gasteiger partial charge in [-0.2, -0.15) is 18.3 Å². The van der Waals surface area contributed by atoms with Gasteiger partial charge in [-0.3, -0.25) is 4.68 Å². The van der Waals surface area contributed by atoms with Crippen molar-refractivity contribution in [2.45, 2.75) is 24.6 Å². The molecule has 11 heteroatoms. The lowest BCUT2D eigenvalue weighted by molar-refractivity contribution is -0.140. The molecule has 6 nitrogen and oxygen atoms in total. The number of alkyl halides is 3. The van der Waals surface area contributed by atoms with Gasteiger partial charge in [-0.15, -0.1) is 0 Å². The van der Waals surface area contributed by atoms with Gasteiger partial charge in [0.25, 0.3) is 0 Å². The summed E-state index contributed by atoms with van der Waals surface area (Å²) in [6.45, 7) is 1.81. The Morgan fingerprint density at radius 1 is 1.16 bits per heavy atom. The molecule has 3 aromatic rings. The molecule has 2 fully saturated rings. The van der Waals surface area contributed by atoms with Gasteiger partial charge in [-0.25, -0.2) is 13.8 Å². The molecular weight excluding hydrogens is 423 g/mol. The molecule has 1 aromatic carbocycles. The molecule has 5 rings (SSSR count). The maximum absolute atomic E-state index is 14.6. The number of hydrogen-bond donors (Lipinski definition) is 1. The third-order valence-corrected chi connectivity index (χ3v) is 5.97. The molecule has 31 heavy (non-hydrogen) atoms. The largest absolute Gasteiger partial charge is 0.503 e. The second kappa shape index (κ2) is 6.52. The highest BCUT2D eigenvalue weighted by Gasteiger charge is 2.50. The van der Waals surface area contributed by atoms with Crippen LogP contribution in [0.4, 0.5) is 27.8 Å². The fraction of sp³-hybridized carbons (Fsp3) is 0.400. The van der Waals surface area contributed by atoms with E-state index in [0.29, 0.717) is 37.2 Å². The van der Waals surface area contributed by atoms with Crippen LogP contribution in [-0.4, -0.2) is 45.2 Å². The number of phenolic OH excluding ortho intramolecular Hbond substituents is 1. The number of phenols is 1.